The maximum atomic E-state index is 14.0. The fourth-order valence-corrected chi connectivity index (χ4v) is 4.76. The number of carbonyl (C=O) groups is 1. The topological polar surface area (TPSA) is 107 Å². The summed E-state index contributed by atoms with van der Waals surface area (Å²) in [7, 11) is -1.39. The third-order valence-corrected chi connectivity index (χ3v) is 6.62. The number of rotatable bonds is 5. The van der Waals surface area contributed by atoms with Gasteiger partial charge in [-0.2, -0.15) is 0 Å². The maximum Gasteiger partial charge on any atom is 0.356 e. The van der Waals surface area contributed by atoms with E-state index in [1.165, 1.54) is 44.8 Å². The predicted molar refractivity (Wildman–Crippen MR) is 132 cm³/mol. The van der Waals surface area contributed by atoms with E-state index in [1.54, 1.807) is 25.1 Å². The Morgan fingerprint density at radius 3 is 2.58 bits per heavy atom. The lowest BCUT2D eigenvalue weighted by Gasteiger charge is -2.13. The van der Waals surface area contributed by atoms with Gasteiger partial charge in [0.25, 0.3) is 10.0 Å². The van der Waals surface area contributed by atoms with E-state index in [0.29, 0.717) is 22.3 Å². The molecule has 1 N–H and O–H groups in total. The van der Waals surface area contributed by atoms with Gasteiger partial charge in [0.1, 0.15) is 16.5 Å². The van der Waals surface area contributed by atoms with Gasteiger partial charge in [0.05, 0.1) is 31.0 Å². The standard InChI is InChI=1S/C26H20FN3O5S/c1-16-13-17(15-29-24(16)26(31)35-3)6-7-18-14-19(27)8-9-21(18)30-36(32,33)23-11-10-22(34-2)20-5-4-12-28-25(20)23/h4-5,8-15,30H,1-3H3. The van der Waals surface area contributed by atoms with Crippen molar-refractivity contribution >= 4 is 32.6 Å². The minimum atomic E-state index is -4.13. The number of fused-ring (bicyclic) bond motifs is 1. The summed E-state index contributed by atoms with van der Waals surface area (Å²) in [5.74, 6) is 4.93. The number of pyridine rings is 2. The van der Waals surface area contributed by atoms with Crippen molar-refractivity contribution in [1.29, 1.82) is 0 Å². The summed E-state index contributed by atoms with van der Waals surface area (Å²) in [5, 5.41) is 0.528. The number of esters is 1. The minimum Gasteiger partial charge on any atom is -0.496 e. The van der Waals surface area contributed by atoms with Crippen LogP contribution in [0, 0.1) is 24.6 Å². The van der Waals surface area contributed by atoms with E-state index >= 15 is 0 Å². The molecule has 2 aromatic heterocycles. The van der Waals surface area contributed by atoms with Gasteiger partial charge in [-0.15, -0.1) is 0 Å². The molecule has 0 bridgehead atoms. The van der Waals surface area contributed by atoms with E-state index in [2.05, 4.69) is 31.3 Å². The molecule has 0 saturated carbocycles. The van der Waals surface area contributed by atoms with Gasteiger partial charge >= 0.3 is 5.97 Å². The van der Waals surface area contributed by atoms with Crippen LogP contribution in [0.4, 0.5) is 10.1 Å². The number of carbonyl (C=O) groups excluding carboxylic acids is 1. The molecule has 182 valence electrons. The number of aryl methyl sites for hydroxylation is 1. The summed E-state index contributed by atoms with van der Waals surface area (Å²) in [6, 6.07) is 11.5. The Bertz CT molecular complexity index is 1660. The van der Waals surface area contributed by atoms with Crippen LogP contribution in [0.3, 0.4) is 0 Å². The van der Waals surface area contributed by atoms with Gasteiger partial charge in [-0.25, -0.2) is 22.6 Å². The average Bonchev–Trinajstić information content (AvgIpc) is 2.87. The van der Waals surface area contributed by atoms with Gasteiger partial charge < -0.3 is 9.47 Å². The Morgan fingerprint density at radius 1 is 1.06 bits per heavy atom. The molecular formula is C26H20FN3O5S. The highest BCUT2D eigenvalue weighted by molar-refractivity contribution is 7.93. The first-order valence-electron chi connectivity index (χ1n) is 10.5. The third kappa shape index (κ3) is 4.96. The molecule has 4 rings (SSSR count). The fraction of sp³-hybridized carbons (Fsp3) is 0.115. The van der Waals surface area contributed by atoms with E-state index in [4.69, 9.17) is 4.74 Å². The molecule has 0 unspecified atom stereocenters. The van der Waals surface area contributed by atoms with Crippen molar-refractivity contribution in [3.8, 4) is 17.6 Å². The highest BCUT2D eigenvalue weighted by Gasteiger charge is 2.21. The zero-order valence-electron chi connectivity index (χ0n) is 19.5. The lowest BCUT2D eigenvalue weighted by molar-refractivity contribution is 0.0593. The van der Waals surface area contributed by atoms with Crippen molar-refractivity contribution in [2.24, 2.45) is 0 Å². The van der Waals surface area contributed by atoms with Crippen LogP contribution in [0.5, 0.6) is 5.75 Å². The number of nitrogens with zero attached hydrogens (tertiary/aromatic N) is 2. The summed E-state index contributed by atoms with van der Waals surface area (Å²) in [6.45, 7) is 1.68. The Morgan fingerprint density at radius 2 is 1.86 bits per heavy atom. The Labute approximate surface area is 207 Å². The monoisotopic (exact) mass is 505 g/mol. The first-order chi connectivity index (χ1) is 17.2. The molecule has 10 heteroatoms. The Kier molecular flexibility index (Phi) is 6.85. The molecule has 8 nitrogen and oxygen atoms in total. The molecule has 2 heterocycles. The van der Waals surface area contributed by atoms with Crippen molar-refractivity contribution in [1.82, 2.24) is 9.97 Å². The first kappa shape index (κ1) is 24.6. The Balaban J connectivity index is 1.72. The van der Waals surface area contributed by atoms with Gasteiger partial charge in [0.15, 0.2) is 5.69 Å². The van der Waals surface area contributed by atoms with Crippen molar-refractivity contribution in [3.05, 3.63) is 89.1 Å². The van der Waals surface area contributed by atoms with Crippen LogP contribution in [-0.2, 0) is 14.8 Å². The second kappa shape index (κ2) is 10.0. The summed E-state index contributed by atoms with van der Waals surface area (Å²) in [6.07, 6.45) is 2.86. The molecule has 0 radical (unpaired) electrons. The van der Waals surface area contributed by atoms with E-state index in [0.717, 1.165) is 12.1 Å². The number of aromatic nitrogens is 2. The van der Waals surface area contributed by atoms with Crippen molar-refractivity contribution in [2.45, 2.75) is 11.8 Å². The molecule has 0 spiro atoms. The molecule has 4 aromatic rings. The zero-order chi connectivity index (χ0) is 25.9. The number of nitrogens with one attached hydrogen (secondary N) is 1. The molecule has 36 heavy (non-hydrogen) atoms. The molecule has 2 aromatic carbocycles. The van der Waals surface area contributed by atoms with Crippen LogP contribution in [-0.4, -0.2) is 38.6 Å². The second-order valence-corrected chi connectivity index (χ2v) is 9.24. The summed E-state index contributed by atoms with van der Waals surface area (Å²) < 4.78 is 53.1. The van der Waals surface area contributed by atoms with Crippen LogP contribution in [0.25, 0.3) is 10.9 Å². The number of halogens is 1. The van der Waals surface area contributed by atoms with E-state index in [1.807, 2.05) is 0 Å². The summed E-state index contributed by atoms with van der Waals surface area (Å²) in [5.41, 5.74) is 1.57. The summed E-state index contributed by atoms with van der Waals surface area (Å²) >= 11 is 0. The van der Waals surface area contributed by atoms with Gasteiger partial charge in [-0.1, -0.05) is 11.8 Å². The number of sulfonamides is 1. The van der Waals surface area contributed by atoms with Crippen molar-refractivity contribution < 1.29 is 27.1 Å². The van der Waals surface area contributed by atoms with Gasteiger partial charge in [-0.3, -0.25) is 9.71 Å². The van der Waals surface area contributed by atoms with E-state index in [9.17, 15) is 17.6 Å². The van der Waals surface area contributed by atoms with Crippen LogP contribution in [0.15, 0.2) is 65.8 Å². The number of hydrogen-bond acceptors (Lipinski definition) is 7. The average molecular weight is 506 g/mol. The van der Waals surface area contributed by atoms with Crippen LogP contribution >= 0.6 is 0 Å². The van der Waals surface area contributed by atoms with Crippen LogP contribution in [0.1, 0.15) is 27.2 Å². The normalized spacial score (nSPS) is 10.9. The van der Waals surface area contributed by atoms with Crippen molar-refractivity contribution in [3.63, 3.8) is 0 Å². The van der Waals surface area contributed by atoms with Gasteiger partial charge in [0, 0.05) is 23.3 Å². The highest BCUT2D eigenvalue weighted by atomic mass is 32.2. The largest absolute Gasteiger partial charge is 0.496 e. The molecular weight excluding hydrogens is 485 g/mol. The maximum absolute atomic E-state index is 14.0. The number of anilines is 1. The Hall–Kier alpha value is -4.49. The number of methoxy groups -OCH3 is 2. The molecule has 0 aliphatic rings. The van der Waals surface area contributed by atoms with Crippen molar-refractivity contribution in [2.75, 3.05) is 18.9 Å². The minimum absolute atomic E-state index is 0.0691. The number of benzene rings is 2. The zero-order valence-corrected chi connectivity index (χ0v) is 20.3. The fourth-order valence-electron chi connectivity index (χ4n) is 3.52. The number of ether oxygens (including phenoxy) is 2. The quantitative estimate of drug-likeness (QED) is 0.322. The molecule has 0 amide bonds. The molecule has 0 fully saturated rings. The SMILES string of the molecule is COC(=O)c1ncc(C#Cc2cc(F)ccc2NS(=O)(=O)c2ccc(OC)c3cccnc23)cc1C. The van der Waals surface area contributed by atoms with E-state index in [-0.39, 0.29) is 27.4 Å². The lowest BCUT2D eigenvalue weighted by atomic mass is 10.1. The number of hydrogen-bond donors (Lipinski definition) is 1. The predicted octanol–water partition coefficient (Wildman–Crippen LogP) is 4.07. The van der Waals surface area contributed by atoms with E-state index < -0.39 is 21.8 Å². The second-order valence-electron chi connectivity index (χ2n) is 7.59. The summed E-state index contributed by atoms with van der Waals surface area (Å²) in [4.78, 5) is 19.9. The molecule has 0 aliphatic carbocycles. The smallest absolute Gasteiger partial charge is 0.356 e. The lowest BCUT2D eigenvalue weighted by Crippen LogP contribution is -2.15. The highest BCUT2D eigenvalue weighted by Crippen LogP contribution is 2.31. The van der Waals surface area contributed by atoms with Gasteiger partial charge in [-0.05, 0) is 61.0 Å². The van der Waals surface area contributed by atoms with Crippen LogP contribution in [0.2, 0.25) is 0 Å². The molecule has 0 saturated heterocycles. The first-order valence-corrected chi connectivity index (χ1v) is 12.0. The van der Waals surface area contributed by atoms with Gasteiger partial charge in [0.2, 0.25) is 0 Å². The van der Waals surface area contributed by atoms with Crippen LogP contribution < -0.4 is 9.46 Å². The molecule has 0 aliphatic heterocycles. The third-order valence-electron chi connectivity index (χ3n) is 5.23. The molecule has 0 atom stereocenters.